The molecule has 1 fully saturated rings. The molecule has 14 heavy (non-hydrogen) atoms. The molecule has 0 saturated carbocycles. The van der Waals surface area contributed by atoms with Gasteiger partial charge in [0.1, 0.15) is 0 Å². The topological polar surface area (TPSA) is 40.6 Å². The predicted octanol–water partition coefficient (Wildman–Crippen LogP) is 0.253. The van der Waals surface area contributed by atoms with Crippen LogP contribution in [0.5, 0.6) is 0 Å². The second-order valence-corrected chi connectivity index (χ2v) is 3.49. The first-order valence-corrected chi connectivity index (χ1v) is 4.80. The summed E-state index contributed by atoms with van der Waals surface area (Å²) in [6, 6.07) is 0. The van der Waals surface area contributed by atoms with Gasteiger partial charge in [-0.1, -0.05) is 6.58 Å². The SMILES string of the molecule is C=CC(=O)N(C)CC(=O)N1CCCC1. The molecule has 1 aliphatic heterocycles. The number of amides is 2. The van der Waals surface area contributed by atoms with E-state index in [0.717, 1.165) is 25.9 Å². The van der Waals surface area contributed by atoms with Gasteiger partial charge in [-0.05, 0) is 18.9 Å². The minimum Gasteiger partial charge on any atom is -0.341 e. The average molecular weight is 196 g/mol. The maximum Gasteiger partial charge on any atom is 0.246 e. The second-order valence-electron chi connectivity index (χ2n) is 3.49. The summed E-state index contributed by atoms with van der Waals surface area (Å²) in [5, 5.41) is 0. The van der Waals surface area contributed by atoms with Gasteiger partial charge in [0.15, 0.2) is 0 Å². The Labute approximate surface area is 84.2 Å². The molecule has 0 radical (unpaired) electrons. The van der Waals surface area contributed by atoms with Crippen molar-refractivity contribution in [3.8, 4) is 0 Å². The smallest absolute Gasteiger partial charge is 0.246 e. The van der Waals surface area contributed by atoms with Crippen LogP contribution < -0.4 is 0 Å². The van der Waals surface area contributed by atoms with Gasteiger partial charge < -0.3 is 9.80 Å². The lowest BCUT2D eigenvalue weighted by molar-refractivity contribution is -0.136. The van der Waals surface area contributed by atoms with Crippen molar-refractivity contribution in [3.63, 3.8) is 0 Å². The van der Waals surface area contributed by atoms with Gasteiger partial charge in [0, 0.05) is 20.1 Å². The molecule has 0 atom stereocenters. The molecule has 0 aliphatic carbocycles. The Morgan fingerprint density at radius 3 is 2.50 bits per heavy atom. The summed E-state index contributed by atoms with van der Waals surface area (Å²) < 4.78 is 0. The molecule has 1 rings (SSSR count). The van der Waals surface area contributed by atoms with Gasteiger partial charge >= 0.3 is 0 Å². The molecule has 0 unspecified atom stereocenters. The van der Waals surface area contributed by atoms with Gasteiger partial charge in [0.25, 0.3) is 0 Å². The van der Waals surface area contributed by atoms with Crippen molar-refractivity contribution < 1.29 is 9.59 Å². The first kappa shape index (κ1) is 10.8. The fraction of sp³-hybridized carbons (Fsp3) is 0.600. The van der Waals surface area contributed by atoms with Crippen LogP contribution in [0.4, 0.5) is 0 Å². The van der Waals surface area contributed by atoms with Gasteiger partial charge in [-0.3, -0.25) is 9.59 Å². The molecule has 0 aromatic rings. The van der Waals surface area contributed by atoms with Crippen LogP contribution in [0.3, 0.4) is 0 Å². The molecule has 4 heteroatoms. The van der Waals surface area contributed by atoms with Crippen LogP contribution in [0.25, 0.3) is 0 Å². The number of rotatable bonds is 3. The minimum absolute atomic E-state index is 0.0280. The van der Waals surface area contributed by atoms with Crippen molar-refractivity contribution in [2.45, 2.75) is 12.8 Å². The molecule has 0 N–H and O–H groups in total. The first-order chi connectivity index (χ1) is 6.65. The summed E-state index contributed by atoms with van der Waals surface area (Å²) in [6.45, 7) is 5.18. The molecule has 78 valence electrons. The van der Waals surface area contributed by atoms with E-state index in [4.69, 9.17) is 0 Å². The number of likely N-dealkylation sites (tertiary alicyclic amines) is 1. The number of hydrogen-bond donors (Lipinski definition) is 0. The van der Waals surface area contributed by atoms with Crippen molar-refractivity contribution in [2.24, 2.45) is 0 Å². The number of likely N-dealkylation sites (N-methyl/N-ethyl adjacent to an activating group) is 1. The molecular weight excluding hydrogens is 180 g/mol. The number of carbonyl (C=O) groups is 2. The molecule has 0 bridgehead atoms. The van der Waals surface area contributed by atoms with Crippen LogP contribution in [-0.4, -0.2) is 48.3 Å². The van der Waals surface area contributed by atoms with Crippen LogP contribution in [0.15, 0.2) is 12.7 Å². The number of hydrogen-bond acceptors (Lipinski definition) is 2. The van der Waals surface area contributed by atoms with Crippen LogP contribution in [-0.2, 0) is 9.59 Å². The molecule has 4 nitrogen and oxygen atoms in total. The van der Waals surface area contributed by atoms with Crippen molar-refractivity contribution >= 4 is 11.8 Å². The van der Waals surface area contributed by atoms with Crippen molar-refractivity contribution in [3.05, 3.63) is 12.7 Å². The lowest BCUT2D eigenvalue weighted by atomic mass is 10.4. The van der Waals surface area contributed by atoms with E-state index >= 15 is 0 Å². The van der Waals surface area contributed by atoms with E-state index in [2.05, 4.69) is 6.58 Å². The van der Waals surface area contributed by atoms with Crippen molar-refractivity contribution in [2.75, 3.05) is 26.7 Å². The third-order valence-corrected chi connectivity index (χ3v) is 2.38. The van der Waals surface area contributed by atoms with Crippen molar-refractivity contribution in [1.29, 1.82) is 0 Å². The average Bonchev–Trinajstić information content (AvgIpc) is 2.69. The largest absolute Gasteiger partial charge is 0.341 e. The quantitative estimate of drug-likeness (QED) is 0.607. The van der Waals surface area contributed by atoms with Crippen LogP contribution >= 0.6 is 0 Å². The molecule has 2 amide bonds. The maximum absolute atomic E-state index is 11.6. The Kier molecular flexibility index (Phi) is 3.68. The lowest BCUT2D eigenvalue weighted by Gasteiger charge is -2.20. The monoisotopic (exact) mass is 196 g/mol. The van der Waals surface area contributed by atoms with E-state index in [1.165, 1.54) is 11.0 Å². The fourth-order valence-corrected chi connectivity index (χ4v) is 1.50. The molecule has 1 aliphatic rings. The maximum atomic E-state index is 11.6. The van der Waals surface area contributed by atoms with E-state index in [1.54, 1.807) is 11.9 Å². The van der Waals surface area contributed by atoms with Crippen LogP contribution in [0, 0.1) is 0 Å². The Morgan fingerprint density at radius 2 is 2.00 bits per heavy atom. The summed E-state index contributed by atoms with van der Waals surface area (Å²) >= 11 is 0. The Bertz CT molecular complexity index is 245. The number of nitrogens with zero attached hydrogens (tertiary/aromatic N) is 2. The highest BCUT2D eigenvalue weighted by Gasteiger charge is 2.19. The van der Waals surface area contributed by atoms with E-state index in [1.807, 2.05) is 0 Å². The summed E-state index contributed by atoms with van der Waals surface area (Å²) in [5.41, 5.74) is 0. The minimum atomic E-state index is -0.211. The Morgan fingerprint density at radius 1 is 1.43 bits per heavy atom. The second kappa shape index (κ2) is 4.79. The highest BCUT2D eigenvalue weighted by atomic mass is 16.2. The Hall–Kier alpha value is -1.32. The summed E-state index contributed by atoms with van der Waals surface area (Å²) in [4.78, 5) is 25.9. The highest BCUT2D eigenvalue weighted by molar-refractivity contribution is 5.90. The summed E-state index contributed by atoms with van der Waals surface area (Å²) in [7, 11) is 1.61. The lowest BCUT2D eigenvalue weighted by Crippen LogP contribution is -2.39. The van der Waals surface area contributed by atoms with Gasteiger partial charge in [-0.15, -0.1) is 0 Å². The molecule has 1 heterocycles. The summed E-state index contributed by atoms with van der Waals surface area (Å²) in [6.07, 6.45) is 3.37. The zero-order chi connectivity index (χ0) is 10.6. The van der Waals surface area contributed by atoms with Crippen LogP contribution in [0.2, 0.25) is 0 Å². The van der Waals surface area contributed by atoms with E-state index in [0.29, 0.717) is 0 Å². The van der Waals surface area contributed by atoms with E-state index < -0.39 is 0 Å². The summed E-state index contributed by atoms with van der Waals surface area (Å²) in [5.74, 6) is -0.183. The van der Waals surface area contributed by atoms with Crippen LogP contribution in [0.1, 0.15) is 12.8 Å². The van der Waals surface area contributed by atoms with Crippen molar-refractivity contribution in [1.82, 2.24) is 9.80 Å². The fourth-order valence-electron chi connectivity index (χ4n) is 1.50. The van der Waals surface area contributed by atoms with E-state index in [9.17, 15) is 9.59 Å². The number of carbonyl (C=O) groups excluding carboxylic acids is 2. The zero-order valence-electron chi connectivity index (χ0n) is 8.53. The standard InChI is InChI=1S/C10H16N2O2/c1-3-9(13)11(2)8-10(14)12-6-4-5-7-12/h3H,1,4-8H2,2H3. The molecule has 0 spiro atoms. The third kappa shape index (κ3) is 2.58. The molecular formula is C10H16N2O2. The van der Waals surface area contributed by atoms with Gasteiger partial charge in [0.2, 0.25) is 11.8 Å². The molecule has 0 aromatic carbocycles. The molecule has 0 aromatic heterocycles. The van der Waals surface area contributed by atoms with Gasteiger partial charge in [-0.2, -0.15) is 0 Å². The van der Waals surface area contributed by atoms with Gasteiger partial charge in [-0.25, -0.2) is 0 Å². The highest BCUT2D eigenvalue weighted by Crippen LogP contribution is 2.07. The Balaban J connectivity index is 2.39. The zero-order valence-corrected chi connectivity index (χ0v) is 8.53. The predicted molar refractivity (Wildman–Crippen MR) is 53.6 cm³/mol. The normalized spacial score (nSPS) is 15.4. The van der Waals surface area contributed by atoms with E-state index in [-0.39, 0.29) is 18.4 Å². The molecule has 1 saturated heterocycles. The third-order valence-electron chi connectivity index (χ3n) is 2.38. The first-order valence-electron chi connectivity index (χ1n) is 4.80. The van der Waals surface area contributed by atoms with Gasteiger partial charge in [0.05, 0.1) is 6.54 Å².